The minimum atomic E-state index is -0.277. The van der Waals surface area contributed by atoms with Crippen molar-refractivity contribution in [3.05, 3.63) is 47.7 Å². The molecule has 1 atom stereocenters. The molecule has 0 spiro atoms. The van der Waals surface area contributed by atoms with Gasteiger partial charge in [0.05, 0.1) is 11.6 Å². The molecule has 1 N–H and O–H groups in total. The van der Waals surface area contributed by atoms with Crippen molar-refractivity contribution in [3.8, 4) is 0 Å². The SMILES string of the molecule is Cc1ccc2cc(C3=CC(O)CCC3)ccc2n1. The second kappa shape index (κ2) is 4.54. The number of allylic oxidation sites excluding steroid dienone is 1. The summed E-state index contributed by atoms with van der Waals surface area (Å²) < 4.78 is 0. The van der Waals surface area contributed by atoms with Crippen molar-refractivity contribution in [1.29, 1.82) is 0 Å². The van der Waals surface area contributed by atoms with E-state index >= 15 is 0 Å². The standard InChI is InChI=1S/C16H17NO/c1-11-5-6-14-9-13(7-8-16(14)17-11)12-3-2-4-15(18)10-12/h5-10,15,18H,2-4H2,1H3. The number of fused-ring (bicyclic) bond motifs is 1. The number of aliphatic hydroxyl groups is 1. The second-order valence-corrected chi connectivity index (χ2v) is 5.01. The second-order valence-electron chi connectivity index (χ2n) is 5.01. The van der Waals surface area contributed by atoms with Gasteiger partial charge in [-0.2, -0.15) is 0 Å². The molecule has 0 saturated heterocycles. The van der Waals surface area contributed by atoms with Crippen LogP contribution in [-0.4, -0.2) is 16.2 Å². The summed E-state index contributed by atoms with van der Waals surface area (Å²) in [5.74, 6) is 0. The molecule has 1 heterocycles. The van der Waals surface area contributed by atoms with Crippen molar-refractivity contribution < 1.29 is 5.11 Å². The molecule has 0 amide bonds. The molecule has 0 aliphatic heterocycles. The highest BCUT2D eigenvalue weighted by atomic mass is 16.3. The van der Waals surface area contributed by atoms with Crippen LogP contribution in [0.25, 0.3) is 16.5 Å². The number of aryl methyl sites for hydroxylation is 1. The van der Waals surface area contributed by atoms with E-state index in [-0.39, 0.29) is 6.10 Å². The number of aromatic nitrogens is 1. The van der Waals surface area contributed by atoms with E-state index in [2.05, 4.69) is 29.2 Å². The summed E-state index contributed by atoms with van der Waals surface area (Å²) in [7, 11) is 0. The molecule has 2 heteroatoms. The van der Waals surface area contributed by atoms with Crippen molar-refractivity contribution >= 4 is 16.5 Å². The average Bonchev–Trinajstić information content (AvgIpc) is 2.38. The molecule has 1 aliphatic rings. The normalized spacial score (nSPS) is 19.9. The topological polar surface area (TPSA) is 33.1 Å². The maximum absolute atomic E-state index is 9.70. The third kappa shape index (κ3) is 2.16. The Morgan fingerprint density at radius 2 is 2.11 bits per heavy atom. The number of hydrogen-bond donors (Lipinski definition) is 1. The van der Waals surface area contributed by atoms with Crippen LogP contribution in [0, 0.1) is 6.92 Å². The van der Waals surface area contributed by atoms with Crippen LogP contribution in [0.3, 0.4) is 0 Å². The Balaban J connectivity index is 2.05. The third-order valence-corrected chi connectivity index (χ3v) is 3.54. The van der Waals surface area contributed by atoms with Crippen LogP contribution < -0.4 is 0 Å². The molecule has 3 rings (SSSR count). The molecule has 1 aliphatic carbocycles. The molecule has 2 aromatic rings. The Hall–Kier alpha value is -1.67. The molecule has 0 fully saturated rings. The Morgan fingerprint density at radius 1 is 1.22 bits per heavy atom. The minimum absolute atomic E-state index is 0.277. The molecule has 0 saturated carbocycles. The fraction of sp³-hybridized carbons (Fsp3) is 0.312. The number of hydrogen-bond acceptors (Lipinski definition) is 2. The Bertz CT molecular complexity index is 616. The Kier molecular flexibility index (Phi) is 2.88. The van der Waals surface area contributed by atoms with Gasteiger partial charge in [-0.15, -0.1) is 0 Å². The zero-order chi connectivity index (χ0) is 12.5. The van der Waals surface area contributed by atoms with Crippen LogP contribution in [0.15, 0.2) is 36.4 Å². The first-order valence-electron chi connectivity index (χ1n) is 6.49. The summed E-state index contributed by atoms with van der Waals surface area (Å²) >= 11 is 0. The predicted molar refractivity (Wildman–Crippen MR) is 74.3 cm³/mol. The van der Waals surface area contributed by atoms with E-state index in [1.54, 1.807) is 0 Å². The Morgan fingerprint density at radius 3 is 2.94 bits per heavy atom. The van der Waals surface area contributed by atoms with E-state index in [0.717, 1.165) is 30.5 Å². The van der Waals surface area contributed by atoms with Gasteiger partial charge in [-0.05, 0) is 55.5 Å². The maximum atomic E-state index is 9.70. The molecule has 1 aromatic carbocycles. The number of pyridine rings is 1. The van der Waals surface area contributed by atoms with Crippen LogP contribution >= 0.6 is 0 Å². The van der Waals surface area contributed by atoms with Crippen molar-refractivity contribution in [2.24, 2.45) is 0 Å². The molecular formula is C16H17NO. The molecule has 18 heavy (non-hydrogen) atoms. The monoisotopic (exact) mass is 239 g/mol. The molecule has 92 valence electrons. The van der Waals surface area contributed by atoms with Gasteiger partial charge in [0.2, 0.25) is 0 Å². The highest BCUT2D eigenvalue weighted by Gasteiger charge is 2.12. The third-order valence-electron chi connectivity index (χ3n) is 3.54. The van der Waals surface area contributed by atoms with Crippen LogP contribution in [0.1, 0.15) is 30.5 Å². The molecule has 1 unspecified atom stereocenters. The van der Waals surface area contributed by atoms with E-state index in [0.29, 0.717) is 0 Å². The van der Waals surface area contributed by atoms with E-state index in [9.17, 15) is 5.11 Å². The van der Waals surface area contributed by atoms with Crippen molar-refractivity contribution in [2.75, 3.05) is 0 Å². The van der Waals surface area contributed by atoms with Gasteiger partial charge in [0.15, 0.2) is 0 Å². The first-order chi connectivity index (χ1) is 8.72. The van der Waals surface area contributed by atoms with Crippen LogP contribution in [-0.2, 0) is 0 Å². The molecule has 0 radical (unpaired) electrons. The van der Waals surface area contributed by atoms with Gasteiger partial charge in [-0.25, -0.2) is 0 Å². The van der Waals surface area contributed by atoms with Gasteiger partial charge in [0, 0.05) is 11.1 Å². The van der Waals surface area contributed by atoms with Gasteiger partial charge in [-0.1, -0.05) is 18.2 Å². The summed E-state index contributed by atoms with van der Waals surface area (Å²) in [6, 6.07) is 10.5. The molecular weight excluding hydrogens is 222 g/mol. The lowest BCUT2D eigenvalue weighted by atomic mass is 9.91. The number of benzene rings is 1. The summed E-state index contributed by atoms with van der Waals surface area (Å²) in [5, 5.41) is 10.9. The Labute approximate surface area is 107 Å². The van der Waals surface area contributed by atoms with Crippen molar-refractivity contribution in [3.63, 3.8) is 0 Å². The smallest absolute Gasteiger partial charge is 0.0726 e. The van der Waals surface area contributed by atoms with E-state index < -0.39 is 0 Å². The van der Waals surface area contributed by atoms with E-state index in [1.165, 1.54) is 16.5 Å². The largest absolute Gasteiger partial charge is 0.389 e. The molecule has 1 aromatic heterocycles. The lowest BCUT2D eigenvalue weighted by Crippen LogP contribution is -2.08. The van der Waals surface area contributed by atoms with Crippen molar-refractivity contribution in [1.82, 2.24) is 4.98 Å². The fourth-order valence-electron chi connectivity index (χ4n) is 2.57. The predicted octanol–water partition coefficient (Wildman–Crippen LogP) is 3.47. The average molecular weight is 239 g/mol. The number of rotatable bonds is 1. The van der Waals surface area contributed by atoms with Gasteiger partial charge in [-0.3, -0.25) is 4.98 Å². The highest BCUT2D eigenvalue weighted by Crippen LogP contribution is 2.28. The van der Waals surface area contributed by atoms with Crippen LogP contribution in [0.5, 0.6) is 0 Å². The number of aliphatic hydroxyl groups excluding tert-OH is 1. The number of nitrogens with zero attached hydrogens (tertiary/aromatic N) is 1. The van der Waals surface area contributed by atoms with Gasteiger partial charge >= 0.3 is 0 Å². The van der Waals surface area contributed by atoms with Gasteiger partial charge in [0.1, 0.15) is 0 Å². The lowest BCUT2D eigenvalue weighted by molar-refractivity contribution is 0.206. The lowest BCUT2D eigenvalue weighted by Gasteiger charge is -2.17. The summed E-state index contributed by atoms with van der Waals surface area (Å²) in [6.07, 6.45) is 4.73. The quantitative estimate of drug-likeness (QED) is 0.826. The highest BCUT2D eigenvalue weighted by molar-refractivity contribution is 5.83. The summed E-state index contributed by atoms with van der Waals surface area (Å²) in [6.45, 7) is 2.01. The first-order valence-corrected chi connectivity index (χ1v) is 6.49. The van der Waals surface area contributed by atoms with Gasteiger partial charge in [0.25, 0.3) is 0 Å². The zero-order valence-electron chi connectivity index (χ0n) is 10.6. The first kappa shape index (κ1) is 11.4. The summed E-state index contributed by atoms with van der Waals surface area (Å²) in [5.41, 5.74) is 4.56. The molecule has 0 bridgehead atoms. The minimum Gasteiger partial charge on any atom is -0.389 e. The summed E-state index contributed by atoms with van der Waals surface area (Å²) in [4.78, 5) is 4.51. The van der Waals surface area contributed by atoms with E-state index in [1.807, 2.05) is 19.1 Å². The maximum Gasteiger partial charge on any atom is 0.0726 e. The zero-order valence-corrected chi connectivity index (χ0v) is 10.6. The molecule has 2 nitrogen and oxygen atoms in total. The van der Waals surface area contributed by atoms with Crippen LogP contribution in [0.2, 0.25) is 0 Å². The van der Waals surface area contributed by atoms with Crippen molar-refractivity contribution in [2.45, 2.75) is 32.3 Å². The van der Waals surface area contributed by atoms with Crippen LogP contribution in [0.4, 0.5) is 0 Å². The van der Waals surface area contributed by atoms with Gasteiger partial charge < -0.3 is 5.11 Å². The fourth-order valence-corrected chi connectivity index (χ4v) is 2.57. The van der Waals surface area contributed by atoms with E-state index in [4.69, 9.17) is 0 Å².